The van der Waals surface area contributed by atoms with Crippen molar-refractivity contribution in [2.24, 2.45) is 12.0 Å². The fraction of sp³-hybridized carbons (Fsp3) is 0.300. The zero-order valence-corrected chi connectivity index (χ0v) is 9.99. The van der Waals surface area contributed by atoms with Gasteiger partial charge in [0, 0.05) is 13.6 Å². The van der Waals surface area contributed by atoms with Gasteiger partial charge in [0.15, 0.2) is 5.96 Å². The van der Waals surface area contributed by atoms with E-state index in [4.69, 9.17) is 11.6 Å². The lowest BCUT2D eigenvalue weighted by atomic mass is 10.2. The van der Waals surface area contributed by atoms with Gasteiger partial charge in [-0.15, -0.1) is 0 Å². The van der Waals surface area contributed by atoms with Crippen LogP contribution in [0.15, 0.2) is 17.1 Å². The summed E-state index contributed by atoms with van der Waals surface area (Å²) in [6, 6.07) is 3.65. The lowest BCUT2D eigenvalue weighted by Crippen LogP contribution is -2.26. The minimum Gasteiger partial charge on any atom is -0.354 e. The summed E-state index contributed by atoms with van der Waals surface area (Å²) in [7, 11) is 1.78. The third-order valence-corrected chi connectivity index (χ3v) is 2.84. The van der Waals surface area contributed by atoms with E-state index in [0.29, 0.717) is 5.02 Å². The van der Waals surface area contributed by atoms with Crippen LogP contribution in [0.5, 0.6) is 0 Å². The second-order valence-corrected chi connectivity index (χ2v) is 4.17. The standard InChI is InChI=1S/C10H11ClN6/c1-17-15-7-3-2-6(11)8(9(7)16-17)14-10-12-4-5-13-10/h2-3H,4-5H2,1H3,(H2,12,13,14). The van der Waals surface area contributed by atoms with Gasteiger partial charge in [0.05, 0.1) is 17.3 Å². The Morgan fingerprint density at radius 2 is 2.29 bits per heavy atom. The van der Waals surface area contributed by atoms with Gasteiger partial charge in [-0.1, -0.05) is 11.6 Å². The predicted molar refractivity (Wildman–Crippen MR) is 67.4 cm³/mol. The topological polar surface area (TPSA) is 67.1 Å². The second kappa shape index (κ2) is 3.89. The lowest BCUT2D eigenvalue weighted by molar-refractivity contribution is 0.665. The van der Waals surface area contributed by atoms with Gasteiger partial charge in [0.2, 0.25) is 0 Å². The molecule has 0 radical (unpaired) electrons. The molecule has 6 nitrogen and oxygen atoms in total. The van der Waals surface area contributed by atoms with Gasteiger partial charge in [-0.05, 0) is 12.1 Å². The molecule has 0 bridgehead atoms. The predicted octanol–water partition coefficient (Wildman–Crippen LogP) is 0.993. The highest BCUT2D eigenvalue weighted by Crippen LogP contribution is 2.28. The van der Waals surface area contributed by atoms with Crippen molar-refractivity contribution >= 4 is 34.3 Å². The van der Waals surface area contributed by atoms with Gasteiger partial charge >= 0.3 is 0 Å². The first-order valence-corrected chi connectivity index (χ1v) is 5.67. The van der Waals surface area contributed by atoms with Crippen molar-refractivity contribution in [3.05, 3.63) is 17.2 Å². The molecule has 1 aliphatic heterocycles. The number of aryl methyl sites for hydroxylation is 1. The van der Waals surface area contributed by atoms with Crippen LogP contribution < -0.4 is 10.6 Å². The molecule has 88 valence electrons. The van der Waals surface area contributed by atoms with Crippen molar-refractivity contribution in [2.75, 3.05) is 18.4 Å². The maximum Gasteiger partial charge on any atom is 0.196 e. The number of nitrogens with one attached hydrogen (secondary N) is 2. The Hall–Kier alpha value is -1.82. The maximum atomic E-state index is 6.17. The third-order valence-electron chi connectivity index (χ3n) is 2.52. The normalized spacial score (nSPS) is 14.8. The molecule has 0 saturated carbocycles. The molecule has 0 unspecified atom stereocenters. The summed E-state index contributed by atoms with van der Waals surface area (Å²) in [4.78, 5) is 5.79. The third kappa shape index (κ3) is 1.80. The van der Waals surface area contributed by atoms with Crippen LogP contribution in [0.1, 0.15) is 0 Å². The Labute approximate surface area is 103 Å². The average Bonchev–Trinajstić information content (AvgIpc) is 2.91. The monoisotopic (exact) mass is 250 g/mol. The maximum absolute atomic E-state index is 6.17. The Morgan fingerprint density at radius 1 is 1.41 bits per heavy atom. The molecule has 2 aromatic rings. The van der Waals surface area contributed by atoms with Gasteiger partial charge in [-0.25, -0.2) is 0 Å². The molecule has 3 rings (SSSR count). The average molecular weight is 251 g/mol. The van der Waals surface area contributed by atoms with Crippen molar-refractivity contribution in [1.29, 1.82) is 0 Å². The van der Waals surface area contributed by atoms with E-state index in [0.717, 1.165) is 35.8 Å². The van der Waals surface area contributed by atoms with E-state index in [9.17, 15) is 0 Å². The number of rotatable bonds is 1. The number of hydrogen-bond donors (Lipinski definition) is 2. The molecule has 1 aromatic heterocycles. The van der Waals surface area contributed by atoms with Gasteiger partial charge < -0.3 is 10.6 Å². The molecule has 17 heavy (non-hydrogen) atoms. The zero-order chi connectivity index (χ0) is 11.8. The van der Waals surface area contributed by atoms with Crippen molar-refractivity contribution < 1.29 is 0 Å². The van der Waals surface area contributed by atoms with E-state index in [1.807, 2.05) is 6.07 Å². The number of aliphatic imine (C=N–C) groups is 1. The molecule has 2 N–H and O–H groups in total. The van der Waals surface area contributed by atoms with Crippen molar-refractivity contribution in [3.63, 3.8) is 0 Å². The fourth-order valence-electron chi connectivity index (χ4n) is 1.78. The fourth-order valence-corrected chi connectivity index (χ4v) is 1.98. The summed E-state index contributed by atoms with van der Waals surface area (Å²) in [6.45, 7) is 1.62. The molecule has 0 fully saturated rings. The summed E-state index contributed by atoms with van der Waals surface area (Å²) in [5, 5.41) is 15.4. The summed E-state index contributed by atoms with van der Waals surface area (Å²) in [6.07, 6.45) is 0. The van der Waals surface area contributed by atoms with E-state index >= 15 is 0 Å². The van der Waals surface area contributed by atoms with Crippen molar-refractivity contribution in [3.8, 4) is 0 Å². The van der Waals surface area contributed by atoms with Crippen LogP contribution in [0.4, 0.5) is 5.69 Å². The van der Waals surface area contributed by atoms with Crippen molar-refractivity contribution in [1.82, 2.24) is 20.3 Å². The Balaban J connectivity index is 2.09. The molecule has 0 aliphatic carbocycles. The molecule has 1 aliphatic rings. The van der Waals surface area contributed by atoms with Crippen LogP contribution in [-0.4, -0.2) is 34.0 Å². The molecule has 1 aromatic carbocycles. The summed E-state index contributed by atoms with van der Waals surface area (Å²) in [5.41, 5.74) is 2.29. The minimum atomic E-state index is 0.606. The highest BCUT2D eigenvalue weighted by Gasteiger charge is 2.13. The second-order valence-electron chi connectivity index (χ2n) is 3.76. The molecule has 0 atom stereocenters. The SMILES string of the molecule is Cn1nc2ccc(Cl)c(NC3=NCCN3)c2n1. The summed E-state index contributed by atoms with van der Waals surface area (Å²) in [5.74, 6) is 0.727. The Bertz CT molecular complexity index is 602. The van der Waals surface area contributed by atoms with Crippen LogP contribution in [0.2, 0.25) is 5.02 Å². The van der Waals surface area contributed by atoms with Crippen LogP contribution in [0.3, 0.4) is 0 Å². The molecular weight excluding hydrogens is 240 g/mol. The smallest absolute Gasteiger partial charge is 0.196 e. The number of benzene rings is 1. The Kier molecular flexibility index (Phi) is 2.36. The number of fused-ring (bicyclic) bond motifs is 1. The zero-order valence-electron chi connectivity index (χ0n) is 9.24. The summed E-state index contributed by atoms with van der Waals surface area (Å²) >= 11 is 6.17. The highest BCUT2D eigenvalue weighted by molar-refractivity contribution is 6.35. The summed E-state index contributed by atoms with van der Waals surface area (Å²) < 4.78 is 0. The number of guanidine groups is 1. The first-order chi connectivity index (χ1) is 8.24. The Morgan fingerprint density at radius 3 is 3.06 bits per heavy atom. The number of aromatic nitrogens is 3. The van der Waals surface area contributed by atoms with Gasteiger partial charge in [0.1, 0.15) is 11.0 Å². The van der Waals surface area contributed by atoms with Gasteiger partial charge in [0.25, 0.3) is 0 Å². The van der Waals surface area contributed by atoms with Gasteiger partial charge in [-0.3, -0.25) is 4.99 Å². The van der Waals surface area contributed by atoms with Gasteiger partial charge in [-0.2, -0.15) is 15.0 Å². The lowest BCUT2D eigenvalue weighted by Gasteiger charge is -2.08. The quantitative estimate of drug-likeness (QED) is 0.792. The molecule has 0 saturated heterocycles. The van der Waals surface area contributed by atoms with E-state index < -0.39 is 0 Å². The number of nitrogens with zero attached hydrogens (tertiary/aromatic N) is 4. The molecule has 0 spiro atoms. The van der Waals surface area contributed by atoms with Crippen LogP contribution in [0.25, 0.3) is 11.0 Å². The van der Waals surface area contributed by atoms with E-state index in [1.165, 1.54) is 4.80 Å². The highest BCUT2D eigenvalue weighted by atomic mass is 35.5. The molecular formula is C10H11ClN6. The van der Waals surface area contributed by atoms with E-state index in [1.54, 1.807) is 13.1 Å². The minimum absolute atomic E-state index is 0.606. The number of anilines is 1. The van der Waals surface area contributed by atoms with Crippen molar-refractivity contribution in [2.45, 2.75) is 0 Å². The number of halogens is 1. The van der Waals surface area contributed by atoms with Crippen LogP contribution in [0, 0.1) is 0 Å². The van der Waals surface area contributed by atoms with E-state index in [-0.39, 0.29) is 0 Å². The van der Waals surface area contributed by atoms with E-state index in [2.05, 4.69) is 25.8 Å². The first kappa shape index (κ1) is 10.3. The first-order valence-electron chi connectivity index (χ1n) is 5.29. The molecule has 0 amide bonds. The molecule has 7 heteroatoms. The largest absolute Gasteiger partial charge is 0.354 e. The number of hydrogen-bond acceptors (Lipinski definition) is 5. The van der Waals surface area contributed by atoms with Crippen LogP contribution >= 0.6 is 11.6 Å². The molecule has 2 heterocycles. The van der Waals surface area contributed by atoms with Crippen LogP contribution in [-0.2, 0) is 7.05 Å².